The number of aliphatic hydroxyl groups is 1. The summed E-state index contributed by atoms with van der Waals surface area (Å²) in [6.07, 6.45) is 1.99. The second-order valence-electron chi connectivity index (χ2n) is 2.83. The molecule has 0 saturated heterocycles. The standard InChI is InChI=1S/C10H16O4/c1-3-5-8(11)6-9(12)7-10(13)14-4-2/h6,11H,3-5,7H2,1-2H3/b8-6-. The summed E-state index contributed by atoms with van der Waals surface area (Å²) in [5.74, 6) is -0.964. The van der Waals surface area contributed by atoms with Gasteiger partial charge in [-0.1, -0.05) is 6.92 Å². The van der Waals surface area contributed by atoms with Crippen LogP contribution in [0.25, 0.3) is 0 Å². The van der Waals surface area contributed by atoms with Crippen LogP contribution in [0.3, 0.4) is 0 Å². The number of hydrogen-bond acceptors (Lipinski definition) is 4. The second-order valence-corrected chi connectivity index (χ2v) is 2.83. The van der Waals surface area contributed by atoms with Gasteiger partial charge in [-0.2, -0.15) is 0 Å². The Balaban J connectivity index is 3.96. The van der Waals surface area contributed by atoms with Gasteiger partial charge in [-0.15, -0.1) is 0 Å². The van der Waals surface area contributed by atoms with Gasteiger partial charge in [0.1, 0.15) is 6.42 Å². The predicted octanol–water partition coefficient (Wildman–Crippen LogP) is 1.75. The molecule has 0 heterocycles. The molecule has 14 heavy (non-hydrogen) atoms. The van der Waals surface area contributed by atoms with E-state index in [1.54, 1.807) is 6.92 Å². The Morgan fingerprint density at radius 3 is 2.50 bits per heavy atom. The van der Waals surface area contributed by atoms with E-state index < -0.39 is 11.8 Å². The smallest absolute Gasteiger partial charge is 0.313 e. The number of carbonyl (C=O) groups is 2. The Bertz CT molecular complexity index is 230. The summed E-state index contributed by atoms with van der Waals surface area (Å²) in [6.45, 7) is 3.82. The van der Waals surface area contributed by atoms with Crippen molar-refractivity contribution < 1.29 is 19.4 Å². The zero-order valence-corrected chi connectivity index (χ0v) is 8.58. The molecule has 0 aromatic rings. The summed E-state index contributed by atoms with van der Waals surface area (Å²) in [6, 6.07) is 0. The van der Waals surface area contributed by atoms with Crippen LogP contribution in [-0.2, 0) is 14.3 Å². The first kappa shape index (κ1) is 12.7. The lowest BCUT2D eigenvalue weighted by molar-refractivity contribution is -0.144. The molecular weight excluding hydrogens is 184 g/mol. The third-order valence-electron chi connectivity index (χ3n) is 1.46. The predicted molar refractivity (Wildman–Crippen MR) is 51.9 cm³/mol. The number of hydrogen-bond donors (Lipinski definition) is 1. The number of ketones is 1. The van der Waals surface area contributed by atoms with Crippen molar-refractivity contribution in [1.29, 1.82) is 0 Å². The third-order valence-corrected chi connectivity index (χ3v) is 1.46. The monoisotopic (exact) mass is 200 g/mol. The molecule has 0 spiro atoms. The lowest BCUT2D eigenvalue weighted by atomic mass is 10.2. The normalized spacial score (nSPS) is 11.1. The van der Waals surface area contributed by atoms with Gasteiger partial charge >= 0.3 is 5.97 Å². The Kier molecular flexibility index (Phi) is 6.45. The number of carbonyl (C=O) groups excluding carboxylic acids is 2. The first-order valence-corrected chi connectivity index (χ1v) is 4.68. The maximum Gasteiger partial charge on any atom is 0.313 e. The summed E-state index contributed by atoms with van der Waals surface area (Å²) >= 11 is 0. The van der Waals surface area contributed by atoms with E-state index >= 15 is 0 Å². The number of aliphatic hydroxyl groups excluding tert-OH is 1. The van der Waals surface area contributed by atoms with E-state index in [1.165, 1.54) is 0 Å². The molecule has 0 aromatic heterocycles. The van der Waals surface area contributed by atoms with E-state index in [4.69, 9.17) is 5.11 Å². The molecule has 0 unspecified atom stereocenters. The van der Waals surface area contributed by atoms with Crippen LogP contribution in [0.4, 0.5) is 0 Å². The van der Waals surface area contributed by atoms with Gasteiger partial charge in [-0.05, 0) is 13.3 Å². The molecule has 4 nitrogen and oxygen atoms in total. The largest absolute Gasteiger partial charge is 0.512 e. The summed E-state index contributed by atoms with van der Waals surface area (Å²) in [5.41, 5.74) is 0. The first-order valence-electron chi connectivity index (χ1n) is 4.68. The summed E-state index contributed by atoms with van der Waals surface area (Å²) in [7, 11) is 0. The minimum atomic E-state index is -0.557. The molecule has 0 fully saturated rings. The maximum atomic E-state index is 11.1. The molecule has 0 aliphatic carbocycles. The summed E-state index contributed by atoms with van der Waals surface area (Å²) in [4.78, 5) is 21.9. The third kappa shape index (κ3) is 6.22. The first-order chi connectivity index (χ1) is 6.60. The van der Waals surface area contributed by atoms with Crippen molar-refractivity contribution in [3.05, 3.63) is 11.8 Å². The van der Waals surface area contributed by atoms with Gasteiger partial charge in [-0.25, -0.2) is 0 Å². The lowest BCUT2D eigenvalue weighted by Gasteiger charge is -1.99. The highest BCUT2D eigenvalue weighted by Crippen LogP contribution is 2.01. The van der Waals surface area contributed by atoms with Crippen molar-refractivity contribution in [3.63, 3.8) is 0 Å². The Morgan fingerprint density at radius 1 is 1.36 bits per heavy atom. The van der Waals surface area contributed by atoms with Crippen LogP contribution in [0.1, 0.15) is 33.1 Å². The van der Waals surface area contributed by atoms with E-state index in [2.05, 4.69) is 4.74 Å². The molecule has 0 atom stereocenters. The van der Waals surface area contributed by atoms with E-state index in [0.717, 1.165) is 12.5 Å². The van der Waals surface area contributed by atoms with Gasteiger partial charge in [0.05, 0.1) is 12.4 Å². The van der Waals surface area contributed by atoms with Gasteiger partial charge in [0.15, 0.2) is 5.78 Å². The SMILES string of the molecule is CCC/C(O)=C/C(=O)CC(=O)OCC. The second kappa shape index (κ2) is 7.12. The fourth-order valence-electron chi connectivity index (χ4n) is 0.919. The van der Waals surface area contributed by atoms with Crippen LogP contribution in [0.2, 0.25) is 0 Å². The van der Waals surface area contributed by atoms with Gasteiger partial charge in [0.25, 0.3) is 0 Å². The van der Waals surface area contributed by atoms with Crippen molar-refractivity contribution in [2.75, 3.05) is 6.61 Å². The molecule has 0 bridgehead atoms. The van der Waals surface area contributed by atoms with Gasteiger partial charge in [0, 0.05) is 12.5 Å². The van der Waals surface area contributed by atoms with Crippen molar-refractivity contribution in [3.8, 4) is 0 Å². The van der Waals surface area contributed by atoms with Crippen LogP contribution in [0.15, 0.2) is 11.8 Å². The maximum absolute atomic E-state index is 11.1. The van der Waals surface area contributed by atoms with Crippen LogP contribution in [0, 0.1) is 0 Å². The molecule has 0 saturated carbocycles. The summed E-state index contributed by atoms with van der Waals surface area (Å²) < 4.78 is 4.58. The number of esters is 1. The highest BCUT2D eigenvalue weighted by Gasteiger charge is 2.08. The van der Waals surface area contributed by atoms with E-state index in [-0.39, 0.29) is 18.8 Å². The van der Waals surface area contributed by atoms with Crippen molar-refractivity contribution >= 4 is 11.8 Å². The lowest BCUT2D eigenvalue weighted by Crippen LogP contribution is -2.09. The summed E-state index contributed by atoms with van der Waals surface area (Å²) in [5, 5.41) is 9.15. The average molecular weight is 200 g/mol. The molecular formula is C10H16O4. The zero-order valence-electron chi connectivity index (χ0n) is 8.58. The molecule has 0 amide bonds. The number of ether oxygens (including phenoxy) is 1. The van der Waals surface area contributed by atoms with Crippen LogP contribution >= 0.6 is 0 Å². The van der Waals surface area contributed by atoms with Crippen LogP contribution in [0.5, 0.6) is 0 Å². The minimum Gasteiger partial charge on any atom is -0.512 e. The van der Waals surface area contributed by atoms with Crippen molar-refractivity contribution in [2.24, 2.45) is 0 Å². The highest BCUT2D eigenvalue weighted by atomic mass is 16.5. The Hall–Kier alpha value is -1.32. The number of allylic oxidation sites excluding steroid dienone is 2. The van der Waals surface area contributed by atoms with Crippen molar-refractivity contribution in [2.45, 2.75) is 33.1 Å². The molecule has 80 valence electrons. The molecule has 0 aromatic carbocycles. The molecule has 0 rings (SSSR count). The van der Waals surface area contributed by atoms with Gasteiger partial charge < -0.3 is 9.84 Å². The fourth-order valence-corrected chi connectivity index (χ4v) is 0.919. The molecule has 4 heteroatoms. The fraction of sp³-hybridized carbons (Fsp3) is 0.600. The van der Waals surface area contributed by atoms with E-state index in [9.17, 15) is 9.59 Å². The van der Waals surface area contributed by atoms with E-state index in [0.29, 0.717) is 6.42 Å². The number of rotatable bonds is 6. The topological polar surface area (TPSA) is 63.6 Å². The van der Waals surface area contributed by atoms with Crippen LogP contribution < -0.4 is 0 Å². The van der Waals surface area contributed by atoms with Crippen LogP contribution in [-0.4, -0.2) is 23.5 Å². The molecule has 1 N–H and O–H groups in total. The molecule has 0 radical (unpaired) electrons. The van der Waals surface area contributed by atoms with Gasteiger partial charge in [-0.3, -0.25) is 9.59 Å². The molecule has 0 aliphatic rings. The Morgan fingerprint density at radius 2 is 2.00 bits per heavy atom. The van der Waals surface area contributed by atoms with Gasteiger partial charge in [0.2, 0.25) is 0 Å². The Labute approximate surface area is 83.6 Å². The highest BCUT2D eigenvalue weighted by molar-refractivity contribution is 6.02. The van der Waals surface area contributed by atoms with E-state index in [1.807, 2.05) is 6.92 Å². The quantitative estimate of drug-likeness (QED) is 0.307. The molecule has 0 aliphatic heterocycles. The van der Waals surface area contributed by atoms with Crippen molar-refractivity contribution in [1.82, 2.24) is 0 Å². The zero-order chi connectivity index (χ0) is 11.0. The minimum absolute atomic E-state index is 0.0156. The average Bonchev–Trinajstić information content (AvgIpc) is 2.03.